The molecule has 7 nitrogen and oxygen atoms in total. The highest BCUT2D eigenvalue weighted by atomic mass is 16.5. The summed E-state index contributed by atoms with van der Waals surface area (Å²) in [6, 6.07) is 0. The first-order chi connectivity index (χ1) is 10.8. The number of hydrogen-bond acceptors (Lipinski definition) is 7. The zero-order valence-corrected chi connectivity index (χ0v) is 13.2. The van der Waals surface area contributed by atoms with Gasteiger partial charge in [0.2, 0.25) is 5.88 Å². The maximum atomic E-state index is 6.07. The van der Waals surface area contributed by atoms with Crippen LogP contribution in [-0.4, -0.2) is 61.4 Å². The number of nitrogen functional groups attached to an aromatic ring is 1. The van der Waals surface area contributed by atoms with E-state index in [-0.39, 0.29) is 0 Å². The number of ether oxygens (including phenoxy) is 2. The molecule has 0 unspecified atom stereocenters. The maximum Gasteiger partial charge on any atom is 0.242 e. The predicted octanol–water partition coefficient (Wildman–Crippen LogP) is 1.08. The molecule has 0 amide bonds. The minimum Gasteiger partial charge on any atom is -0.479 e. The van der Waals surface area contributed by atoms with Gasteiger partial charge >= 0.3 is 0 Å². The molecule has 1 aromatic heterocycles. The monoisotopic (exact) mass is 307 g/mol. The minimum absolute atomic E-state index is 0.475. The highest BCUT2D eigenvalue weighted by molar-refractivity contribution is 5.67. The van der Waals surface area contributed by atoms with Crippen molar-refractivity contribution in [1.82, 2.24) is 14.9 Å². The Balaban J connectivity index is 1.53. The van der Waals surface area contributed by atoms with Gasteiger partial charge in [0.05, 0.1) is 20.3 Å². The molecule has 122 valence electrons. The Labute approximate surface area is 131 Å². The number of morpholine rings is 1. The molecule has 22 heavy (non-hydrogen) atoms. The lowest BCUT2D eigenvalue weighted by Crippen LogP contribution is -2.37. The quantitative estimate of drug-likeness (QED) is 0.729. The summed E-state index contributed by atoms with van der Waals surface area (Å²) < 4.78 is 10.6. The summed E-state index contributed by atoms with van der Waals surface area (Å²) in [7, 11) is 1.59. The Bertz CT molecular complexity index is 501. The van der Waals surface area contributed by atoms with E-state index in [2.05, 4.69) is 20.2 Å². The lowest BCUT2D eigenvalue weighted by atomic mass is 10.3. The molecule has 0 bridgehead atoms. The van der Waals surface area contributed by atoms with Crippen molar-refractivity contribution in [1.29, 1.82) is 0 Å². The van der Waals surface area contributed by atoms with Crippen molar-refractivity contribution in [3.63, 3.8) is 0 Å². The van der Waals surface area contributed by atoms with Crippen LogP contribution in [0, 0.1) is 0 Å². The number of anilines is 2. The topological polar surface area (TPSA) is 85.5 Å². The number of methoxy groups -OCH3 is 1. The van der Waals surface area contributed by atoms with Crippen LogP contribution in [0.4, 0.5) is 11.5 Å². The summed E-state index contributed by atoms with van der Waals surface area (Å²) in [6.07, 6.45) is 3.36. The second-order valence-electron chi connectivity index (χ2n) is 5.86. The van der Waals surface area contributed by atoms with Gasteiger partial charge in [0.15, 0.2) is 5.82 Å². The third kappa shape index (κ3) is 3.78. The number of nitrogens with zero attached hydrogens (tertiary/aromatic N) is 3. The number of hydrogen-bond donors (Lipinski definition) is 2. The fourth-order valence-corrected chi connectivity index (χ4v) is 2.61. The SMILES string of the molecule is COc1nc(C2CC2)nc(NCCCN2CCOCC2)c1N. The van der Waals surface area contributed by atoms with Gasteiger partial charge in [0.25, 0.3) is 0 Å². The summed E-state index contributed by atoms with van der Waals surface area (Å²) in [5, 5.41) is 3.34. The average molecular weight is 307 g/mol. The zero-order chi connectivity index (χ0) is 15.4. The Morgan fingerprint density at radius 3 is 2.77 bits per heavy atom. The largest absolute Gasteiger partial charge is 0.479 e. The van der Waals surface area contributed by atoms with Crippen LogP contribution in [0.15, 0.2) is 0 Å². The van der Waals surface area contributed by atoms with E-state index in [9.17, 15) is 0 Å². The molecule has 7 heteroatoms. The van der Waals surface area contributed by atoms with Crippen molar-refractivity contribution < 1.29 is 9.47 Å². The first-order valence-electron chi connectivity index (χ1n) is 8.03. The number of nitrogens with one attached hydrogen (secondary N) is 1. The van der Waals surface area contributed by atoms with Crippen LogP contribution < -0.4 is 15.8 Å². The van der Waals surface area contributed by atoms with Gasteiger partial charge in [-0.1, -0.05) is 0 Å². The van der Waals surface area contributed by atoms with E-state index in [4.69, 9.17) is 15.2 Å². The summed E-state index contributed by atoms with van der Waals surface area (Å²) >= 11 is 0. The molecular weight excluding hydrogens is 282 g/mol. The van der Waals surface area contributed by atoms with E-state index in [1.54, 1.807) is 7.11 Å². The van der Waals surface area contributed by atoms with E-state index in [1.165, 1.54) is 0 Å². The van der Waals surface area contributed by atoms with Crippen LogP contribution in [-0.2, 0) is 4.74 Å². The highest BCUT2D eigenvalue weighted by Crippen LogP contribution is 2.40. The van der Waals surface area contributed by atoms with Crippen LogP contribution >= 0.6 is 0 Å². The molecule has 0 radical (unpaired) electrons. The fourth-order valence-electron chi connectivity index (χ4n) is 2.61. The molecular formula is C15H25N5O2. The lowest BCUT2D eigenvalue weighted by Gasteiger charge is -2.26. The van der Waals surface area contributed by atoms with Crippen molar-refractivity contribution in [2.45, 2.75) is 25.2 Å². The molecule has 1 aliphatic carbocycles. The maximum absolute atomic E-state index is 6.07. The molecule has 2 heterocycles. The van der Waals surface area contributed by atoms with Crippen LogP contribution in [0.25, 0.3) is 0 Å². The van der Waals surface area contributed by atoms with Gasteiger partial charge in [0, 0.05) is 25.6 Å². The molecule has 0 aromatic carbocycles. The minimum atomic E-state index is 0.475. The summed E-state index contributed by atoms with van der Waals surface area (Å²) in [4.78, 5) is 11.4. The van der Waals surface area contributed by atoms with Gasteiger partial charge in [-0.05, 0) is 25.8 Å². The van der Waals surface area contributed by atoms with Gasteiger partial charge in [0.1, 0.15) is 11.5 Å². The molecule has 2 fully saturated rings. The molecule has 3 rings (SSSR count). The molecule has 0 atom stereocenters. The van der Waals surface area contributed by atoms with Crippen molar-refractivity contribution >= 4 is 11.5 Å². The number of rotatable bonds is 7. The molecule has 0 spiro atoms. The summed E-state index contributed by atoms with van der Waals surface area (Å²) in [5.74, 6) is 2.51. The van der Waals surface area contributed by atoms with Crippen LogP contribution in [0.5, 0.6) is 5.88 Å². The van der Waals surface area contributed by atoms with Gasteiger partial charge in [-0.3, -0.25) is 4.90 Å². The van der Waals surface area contributed by atoms with E-state index in [0.717, 1.165) is 64.5 Å². The van der Waals surface area contributed by atoms with E-state index in [0.29, 0.717) is 23.3 Å². The van der Waals surface area contributed by atoms with Crippen molar-refractivity contribution in [2.75, 3.05) is 57.6 Å². The lowest BCUT2D eigenvalue weighted by molar-refractivity contribution is 0.0378. The molecule has 1 aromatic rings. The Morgan fingerprint density at radius 2 is 2.09 bits per heavy atom. The van der Waals surface area contributed by atoms with Crippen LogP contribution in [0.2, 0.25) is 0 Å². The summed E-state index contributed by atoms with van der Waals surface area (Å²) in [5.41, 5.74) is 6.57. The van der Waals surface area contributed by atoms with Gasteiger partial charge in [-0.2, -0.15) is 4.98 Å². The van der Waals surface area contributed by atoms with Crippen molar-refractivity contribution in [2.24, 2.45) is 0 Å². The first kappa shape index (κ1) is 15.3. The Hall–Kier alpha value is -1.60. The van der Waals surface area contributed by atoms with Gasteiger partial charge < -0.3 is 20.5 Å². The Kier molecular flexibility index (Phi) is 4.94. The standard InChI is InChI=1S/C15H25N5O2/c1-21-15-12(16)14(18-13(19-15)11-3-4-11)17-5-2-6-20-7-9-22-10-8-20/h11H,2-10,16H2,1H3,(H,17,18,19). The van der Waals surface area contributed by atoms with Crippen LogP contribution in [0.3, 0.4) is 0 Å². The second kappa shape index (κ2) is 7.11. The van der Waals surface area contributed by atoms with Crippen molar-refractivity contribution in [3.8, 4) is 5.88 Å². The van der Waals surface area contributed by atoms with Crippen LogP contribution in [0.1, 0.15) is 31.0 Å². The molecule has 1 saturated heterocycles. The highest BCUT2D eigenvalue weighted by Gasteiger charge is 2.28. The normalized spacial score (nSPS) is 19.1. The summed E-state index contributed by atoms with van der Waals surface area (Å²) in [6.45, 7) is 5.63. The second-order valence-corrected chi connectivity index (χ2v) is 5.86. The predicted molar refractivity (Wildman–Crippen MR) is 85.3 cm³/mol. The van der Waals surface area contributed by atoms with Crippen molar-refractivity contribution in [3.05, 3.63) is 5.82 Å². The van der Waals surface area contributed by atoms with E-state index in [1.807, 2.05) is 0 Å². The smallest absolute Gasteiger partial charge is 0.242 e. The molecule has 2 aliphatic rings. The van der Waals surface area contributed by atoms with E-state index < -0.39 is 0 Å². The third-order valence-corrected chi connectivity index (χ3v) is 4.11. The van der Waals surface area contributed by atoms with E-state index >= 15 is 0 Å². The number of nitrogens with two attached hydrogens (primary N) is 1. The molecule has 1 aliphatic heterocycles. The number of aromatic nitrogens is 2. The Morgan fingerprint density at radius 1 is 1.32 bits per heavy atom. The zero-order valence-electron chi connectivity index (χ0n) is 13.2. The molecule has 3 N–H and O–H groups in total. The first-order valence-corrected chi connectivity index (χ1v) is 8.03. The van der Waals surface area contributed by atoms with Gasteiger partial charge in [-0.25, -0.2) is 4.98 Å². The van der Waals surface area contributed by atoms with Gasteiger partial charge in [-0.15, -0.1) is 0 Å². The fraction of sp³-hybridized carbons (Fsp3) is 0.733. The average Bonchev–Trinajstić information content (AvgIpc) is 3.39. The third-order valence-electron chi connectivity index (χ3n) is 4.11. The molecule has 1 saturated carbocycles.